The Labute approximate surface area is 137 Å². The normalized spacial score (nSPS) is 20.3. The van der Waals surface area contributed by atoms with E-state index in [4.69, 9.17) is 10.5 Å². The van der Waals surface area contributed by atoms with Crippen LogP contribution in [0.1, 0.15) is 54.9 Å². The summed E-state index contributed by atoms with van der Waals surface area (Å²) in [6.45, 7) is 4.44. The Kier molecular flexibility index (Phi) is 6.16. The Morgan fingerprint density at radius 1 is 1.30 bits per heavy atom. The lowest BCUT2D eigenvalue weighted by atomic mass is 10.0. The molecule has 0 aliphatic heterocycles. The molecule has 1 aliphatic carbocycles. The van der Waals surface area contributed by atoms with Crippen molar-refractivity contribution in [2.24, 2.45) is 5.73 Å². The lowest BCUT2D eigenvalue weighted by Crippen LogP contribution is -2.34. The molecule has 23 heavy (non-hydrogen) atoms. The highest BCUT2D eigenvalue weighted by Crippen LogP contribution is 2.20. The zero-order chi connectivity index (χ0) is 16.8. The Hall–Kier alpha value is -1.88. The molecule has 0 radical (unpaired) electrons. The molecule has 1 fully saturated rings. The summed E-state index contributed by atoms with van der Waals surface area (Å²) in [5, 5.41) is 2.96. The first-order valence-corrected chi connectivity index (χ1v) is 8.31. The van der Waals surface area contributed by atoms with E-state index in [2.05, 4.69) is 5.32 Å². The maximum absolute atomic E-state index is 12.2. The predicted molar refractivity (Wildman–Crippen MR) is 89.7 cm³/mol. The van der Waals surface area contributed by atoms with Crippen LogP contribution < -0.4 is 15.8 Å². The highest BCUT2D eigenvalue weighted by Gasteiger charge is 2.23. The fourth-order valence-corrected chi connectivity index (χ4v) is 2.96. The Morgan fingerprint density at radius 3 is 2.70 bits per heavy atom. The predicted octanol–water partition coefficient (Wildman–Crippen LogP) is 2.35. The summed E-state index contributed by atoms with van der Waals surface area (Å²) in [5.74, 6) is 0.703. The van der Waals surface area contributed by atoms with E-state index < -0.39 is 0 Å². The van der Waals surface area contributed by atoms with E-state index in [1.54, 1.807) is 6.07 Å². The number of nitrogens with two attached hydrogens (primary N) is 1. The van der Waals surface area contributed by atoms with Gasteiger partial charge in [0, 0.05) is 30.5 Å². The van der Waals surface area contributed by atoms with Crippen LogP contribution >= 0.6 is 0 Å². The summed E-state index contributed by atoms with van der Waals surface area (Å²) in [6.07, 6.45) is 3.15. The summed E-state index contributed by atoms with van der Waals surface area (Å²) in [4.78, 5) is 24.1. The van der Waals surface area contributed by atoms with Gasteiger partial charge < -0.3 is 15.8 Å². The van der Waals surface area contributed by atoms with E-state index in [0.717, 1.165) is 30.6 Å². The number of Topliss-reactive ketones (excluding diaryl/α,β-unsaturated/α-hetero) is 1. The van der Waals surface area contributed by atoms with Crippen LogP contribution in [0.5, 0.6) is 5.75 Å². The van der Waals surface area contributed by atoms with E-state index in [1.807, 2.05) is 26.0 Å². The highest BCUT2D eigenvalue weighted by molar-refractivity contribution is 5.98. The third-order valence-electron chi connectivity index (χ3n) is 4.21. The van der Waals surface area contributed by atoms with Gasteiger partial charge in [0.1, 0.15) is 5.75 Å². The summed E-state index contributed by atoms with van der Waals surface area (Å²) in [6, 6.07) is 5.75. The number of carbonyl (C=O) groups is 2. The molecule has 0 bridgehead atoms. The molecule has 1 saturated carbocycles. The Balaban J connectivity index is 1.82. The van der Waals surface area contributed by atoms with Crippen molar-refractivity contribution in [3.8, 4) is 5.75 Å². The van der Waals surface area contributed by atoms with Crippen molar-refractivity contribution in [1.29, 1.82) is 0 Å². The number of carbonyl (C=O) groups excluding carboxylic acids is 2. The average molecular weight is 318 g/mol. The van der Waals surface area contributed by atoms with Gasteiger partial charge in [0.25, 0.3) is 0 Å². The lowest BCUT2D eigenvalue weighted by molar-refractivity contribution is -0.121. The van der Waals surface area contributed by atoms with Crippen LogP contribution in [-0.2, 0) is 4.79 Å². The maximum Gasteiger partial charge on any atom is 0.220 e. The number of rotatable bonds is 7. The molecule has 0 aromatic heterocycles. The fraction of sp³-hybridized carbons (Fsp3) is 0.556. The van der Waals surface area contributed by atoms with Gasteiger partial charge in [0.15, 0.2) is 5.78 Å². The number of benzene rings is 1. The molecule has 126 valence electrons. The van der Waals surface area contributed by atoms with Gasteiger partial charge in [-0.25, -0.2) is 0 Å². The first kappa shape index (κ1) is 17.5. The minimum Gasteiger partial charge on any atom is -0.494 e. The molecule has 1 amide bonds. The molecule has 5 nitrogen and oxygen atoms in total. The molecule has 3 N–H and O–H groups in total. The van der Waals surface area contributed by atoms with Crippen molar-refractivity contribution in [1.82, 2.24) is 5.32 Å². The zero-order valence-electron chi connectivity index (χ0n) is 13.9. The fourth-order valence-electron chi connectivity index (χ4n) is 2.96. The van der Waals surface area contributed by atoms with Crippen LogP contribution in [0.25, 0.3) is 0 Å². The molecule has 0 heterocycles. The van der Waals surface area contributed by atoms with Crippen molar-refractivity contribution in [3.63, 3.8) is 0 Å². The average Bonchev–Trinajstić information content (AvgIpc) is 2.92. The molecule has 0 unspecified atom stereocenters. The van der Waals surface area contributed by atoms with E-state index in [-0.39, 0.29) is 36.6 Å². The van der Waals surface area contributed by atoms with E-state index >= 15 is 0 Å². The SMILES string of the molecule is CCOc1ccc(C(=O)CCC(=O)N[C@@H]2CC[C@@H](N)C2)cc1C. The number of aryl methyl sites for hydroxylation is 1. The van der Waals surface area contributed by atoms with Crippen LogP contribution in [0.4, 0.5) is 0 Å². The summed E-state index contributed by atoms with van der Waals surface area (Å²) < 4.78 is 5.47. The van der Waals surface area contributed by atoms with E-state index in [0.29, 0.717) is 12.2 Å². The van der Waals surface area contributed by atoms with Gasteiger partial charge >= 0.3 is 0 Å². The summed E-state index contributed by atoms with van der Waals surface area (Å²) in [5.41, 5.74) is 7.39. The van der Waals surface area contributed by atoms with Crippen molar-refractivity contribution < 1.29 is 14.3 Å². The second-order valence-corrected chi connectivity index (χ2v) is 6.17. The number of amides is 1. The molecule has 0 saturated heterocycles. The Bertz CT molecular complexity index is 571. The zero-order valence-corrected chi connectivity index (χ0v) is 13.9. The number of nitrogens with one attached hydrogen (secondary N) is 1. The minimum absolute atomic E-state index is 0.0191. The van der Waals surface area contributed by atoms with E-state index in [9.17, 15) is 9.59 Å². The van der Waals surface area contributed by atoms with Crippen molar-refractivity contribution in [2.45, 2.75) is 58.0 Å². The minimum atomic E-state index is -0.0693. The van der Waals surface area contributed by atoms with Crippen LogP contribution in [-0.4, -0.2) is 30.4 Å². The summed E-state index contributed by atoms with van der Waals surface area (Å²) >= 11 is 0. The van der Waals surface area contributed by atoms with Gasteiger partial charge in [-0.2, -0.15) is 0 Å². The van der Waals surface area contributed by atoms with Gasteiger partial charge in [0.2, 0.25) is 5.91 Å². The summed E-state index contributed by atoms with van der Waals surface area (Å²) in [7, 11) is 0. The largest absolute Gasteiger partial charge is 0.494 e. The number of ether oxygens (including phenoxy) is 1. The lowest BCUT2D eigenvalue weighted by Gasteiger charge is -2.12. The smallest absolute Gasteiger partial charge is 0.220 e. The molecule has 5 heteroatoms. The number of hydrogen-bond acceptors (Lipinski definition) is 4. The first-order valence-electron chi connectivity index (χ1n) is 8.31. The topological polar surface area (TPSA) is 81.4 Å². The second-order valence-electron chi connectivity index (χ2n) is 6.17. The van der Waals surface area contributed by atoms with Crippen LogP contribution in [0, 0.1) is 6.92 Å². The third-order valence-corrected chi connectivity index (χ3v) is 4.21. The van der Waals surface area contributed by atoms with Crippen molar-refractivity contribution in [3.05, 3.63) is 29.3 Å². The molecule has 1 aromatic carbocycles. The molecule has 2 rings (SSSR count). The second kappa shape index (κ2) is 8.11. The van der Waals surface area contributed by atoms with Gasteiger partial charge in [-0.05, 0) is 56.9 Å². The third kappa shape index (κ3) is 5.06. The molecule has 1 aliphatic rings. The maximum atomic E-state index is 12.2. The van der Waals surface area contributed by atoms with Crippen LogP contribution in [0.2, 0.25) is 0 Å². The highest BCUT2D eigenvalue weighted by atomic mass is 16.5. The van der Waals surface area contributed by atoms with Gasteiger partial charge in [-0.1, -0.05) is 0 Å². The van der Waals surface area contributed by atoms with Gasteiger partial charge in [-0.3, -0.25) is 9.59 Å². The van der Waals surface area contributed by atoms with Crippen LogP contribution in [0.15, 0.2) is 18.2 Å². The molecule has 1 aromatic rings. The number of hydrogen-bond donors (Lipinski definition) is 2. The standard InChI is InChI=1S/C18H26N2O3/c1-3-23-17-8-4-13(10-12(17)2)16(21)7-9-18(22)20-15-6-5-14(19)11-15/h4,8,10,14-15H,3,5-7,9,11,19H2,1-2H3,(H,20,22)/t14-,15-/m1/s1. The first-order chi connectivity index (χ1) is 11.0. The quantitative estimate of drug-likeness (QED) is 0.756. The van der Waals surface area contributed by atoms with Gasteiger partial charge in [0.05, 0.1) is 6.61 Å². The Morgan fingerprint density at radius 2 is 2.09 bits per heavy atom. The van der Waals surface area contributed by atoms with Gasteiger partial charge in [-0.15, -0.1) is 0 Å². The molecule has 0 spiro atoms. The molecular formula is C18H26N2O3. The van der Waals surface area contributed by atoms with Crippen LogP contribution in [0.3, 0.4) is 0 Å². The molecular weight excluding hydrogens is 292 g/mol. The van der Waals surface area contributed by atoms with Crippen molar-refractivity contribution in [2.75, 3.05) is 6.61 Å². The number of ketones is 1. The monoisotopic (exact) mass is 318 g/mol. The van der Waals surface area contributed by atoms with Crippen molar-refractivity contribution >= 4 is 11.7 Å². The van der Waals surface area contributed by atoms with E-state index in [1.165, 1.54) is 0 Å². The molecule has 2 atom stereocenters.